The second-order valence-electron chi connectivity index (χ2n) is 6.51. The number of hydrogen-bond donors (Lipinski definition) is 1. The van der Waals surface area contributed by atoms with Crippen molar-refractivity contribution >= 4 is 63.1 Å². The molecule has 0 unspecified atom stereocenters. The van der Waals surface area contributed by atoms with Gasteiger partial charge in [0.2, 0.25) is 5.13 Å². The quantitative estimate of drug-likeness (QED) is 0.346. The Balaban J connectivity index is 0.00000280. The molecule has 1 N–H and O–H groups in total. The molecule has 0 amide bonds. The SMILES string of the molecule is CCNC(=NCc1csc(N(C)C)n1)N1CCN(c2nc(CC)ns2)CC1.I. The Morgan fingerprint density at radius 1 is 1.21 bits per heavy atom. The zero-order chi connectivity index (χ0) is 19.2. The van der Waals surface area contributed by atoms with Crippen LogP contribution in [0.4, 0.5) is 10.3 Å². The lowest BCUT2D eigenvalue weighted by atomic mass is 10.3. The maximum atomic E-state index is 4.81. The van der Waals surface area contributed by atoms with E-state index in [0.29, 0.717) is 6.54 Å². The first-order valence-electron chi connectivity index (χ1n) is 9.33. The molecule has 8 nitrogen and oxygen atoms in total. The molecule has 2 aromatic heterocycles. The summed E-state index contributed by atoms with van der Waals surface area (Å²) in [7, 11) is 4.02. The molecule has 3 rings (SSSR count). The van der Waals surface area contributed by atoms with Crippen molar-refractivity contribution in [2.24, 2.45) is 4.99 Å². The Kier molecular flexibility index (Phi) is 9.15. The van der Waals surface area contributed by atoms with Gasteiger partial charge in [0, 0.05) is 70.2 Å². The van der Waals surface area contributed by atoms with Crippen LogP contribution in [0.5, 0.6) is 0 Å². The first kappa shape index (κ1) is 23.1. The molecule has 0 aromatic carbocycles. The second-order valence-corrected chi connectivity index (χ2v) is 8.07. The van der Waals surface area contributed by atoms with E-state index in [1.54, 1.807) is 11.3 Å². The van der Waals surface area contributed by atoms with E-state index in [1.807, 2.05) is 19.0 Å². The Morgan fingerprint density at radius 3 is 2.54 bits per heavy atom. The highest BCUT2D eigenvalue weighted by molar-refractivity contribution is 14.0. The number of rotatable bonds is 6. The number of anilines is 2. The predicted octanol–water partition coefficient (Wildman–Crippen LogP) is 2.53. The summed E-state index contributed by atoms with van der Waals surface area (Å²) in [6, 6.07) is 0. The summed E-state index contributed by atoms with van der Waals surface area (Å²) >= 11 is 3.16. The number of halogens is 1. The number of nitrogens with one attached hydrogen (secondary N) is 1. The number of aryl methyl sites for hydroxylation is 1. The number of guanidine groups is 1. The second kappa shape index (κ2) is 11.1. The molecular weight excluding hydrogens is 507 g/mol. The highest BCUT2D eigenvalue weighted by atomic mass is 127. The van der Waals surface area contributed by atoms with E-state index in [-0.39, 0.29) is 24.0 Å². The van der Waals surface area contributed by atoms with E-state index >= 15 is 0 Å². The van der Waals surface area contributed by atoms with Crippen LogP contribution in [0, 0.1) is 0 Å². The maximum Gasteiger partial charge on any atom is 0.205 e. The van der Waals surface area contributed by atoms with E-state index in [1.165, 1.54) is 11.5 Å². The number of aliphatic imine (C=N–C) groups is 1. The molecule has 0 bridgehead atoms. The Labute approximate surface area is 192 Å². The number of nitrogens with zero attached hydrogens (tertiary/aromatic N) is 7. The first-order chi connectivity index (χ1) is 13.1. The standard InChI is InChI=1S/C17H28N8S2.HI/c1-5-14-21-17(27-22-14)25-9-7-24(8-10-25)15(18-6-2)19-11-13-12-26-16(20-13)23(3)4;/h12H,5-11H2,1-4H3,(H,18,19);1H. The van der Waals surface area contributed by atoms with Crippen LogP contribution in [-0.4, -0.2) is 72.0 Å². The average Bonchev–Trinajstić information content (AvgIpc) is 3.35. The zero-order valence-corrected chi connectivity index (χ0v) is 20.8. The molecule has 2 aromatic rings. The minimum Gasteiger partial charge on any atom is -0.357 e. The lowest BCUT2D eigenvalue weighted by Gasteiger charge is -2.36. The van der Waals surface area contributed by atoms with Crippen molar-refractivity contribution < 1.29 is 0 Å². The third kappa shape index (κ3) is 5.89. The van der Waals surface area contributed by atoms with Crippen LogP contribution in [-0.2, 0) is 13.0 Å². The molecule has 0 saturated carbocycles. The maximum absolute atomic E-state index is 4.81. The van der Waals surface area contributed by atoms with Crippen LogP contribution in [0.25, 0.3) is 0 Å². The van der Waals surface area contributed by atoms with Crippen LogP contribution in [0.3, 0.4) is 0 Å². The molecule has 3 heterocycles. The number of thiazole rings is 1. The van der Waals surface area contributed by atoms with Gasteiger partial charge < -0.3 is 20.0 Å². The minimum atomic E-state index is 0. The normalized spacial score (nSPS) is 14.8. The summed E-state index contributed by atoms with van der Waals surface area (Å²) in [5.41, 5.74) is 1.01. The first-order valence-corrected chi connectivity index (χ1v) is 11.0. The summed E-state index contributed by atoms with van der Waals surface area (Å²) in [4.78, 5) is 20.7. The average molecular weight is 537 g/mol. The van der Waals surface area contributed by atoms with E-state index < -0.39 is 0 Å². The van der Waals surface area contributed by atoms with Gasteiger partial charge in [0.15, 0.2) is 11.1 Å². The van der Waals surface area contributed by atoms with Crippen LogP contribution < -0.4 is 15.1 Å². The van der Waals surface area contributed by atoms with Gasteiger partial charge in [-0.3, -0.25) is 0 Å². The molecule has 1 aliphatic rings. The van der Waals surface area contributed by atoms with Crippen molar-refractivity contribution in [3.05, 3.63) is 16.9 Å². The molecule has 0 atom stereocenters. The Hall–Kier alpha value is -1.21. The highest BCUT2D eigenvalue weighted by Crippen LogP contribution is 2.20. The summed E-state index contributed by atoms with van der Waals surface area (Å²) in [6.45, 7) is 9.37. The van der Waals surface area contributed by atoms with Crippen molar-refractivity contribution in [1.29, 1.82) is 0 Å². The van der Waals surface area contributed by atoms with Gasteiger partial charge in [0.05, 0.1) is 12.2 Å². The molecular formula is C17H29IN8S2. The van der Waals surface area contributed by atoms with Gasteiger partial charge >= 0.3 is 0 Å². The summed E-state index contributed by atoms with van der Waals surface area (Å²) in [5, 5.41) is 7.55. The fourth-order valence-electron chi connectivity index (χ4n) is 2.78. The number of aromatic nitrogens is 3. The van der Waals surface area contributed by atoms with E-state index in [0.717, 1.165) is 66.9 Å². The third-order valence-corrected chi connectivity index (χ3v) is 6.14. The van der Waals surface area contributed by atoms with Crippen molar-refractivity contribution in [2.45, 2.75) is 26.8 Å². The summed E-state index contributed by atoms with van der Waals surface area (Å²) in [6.07, 6.45) is 0.889. The lowest BCUT2D eigenvalue weighted by Crippen LogP contribution is -2.52. The van der Waals surface area contributed by atoms with Crippen LogP contribution >= 0.6 is 46.8 Å². The van der Waals surface area contributed by atoms with Gasteiger partial charge in [-0.2, -0.15) is 4.37 Å². The summed E-state index contributed by atoms with van der Waals surface area (Å²) < 4.78 is 4.40. The van der Waals surface area contributed by atoms with E-state index in [4.69, 9.17) is 4.99 Å². The van der Waals surface area contributed by atoms with Gasteiger partial charge in [-0.25, -0.2) is 15.0 Å². The van der Waals surface area contributed by atoms with Crippen molar-refractivity contribution in [1.82, 2.24) is 24.6 Å². The van der Waals surface area contributed by atoms with Crippen molar-refractivity contribution in [2.75, 3.05) is 56.6 Å². The summed E-state index contributed by atoms with van der Waals surface area (Å²) in [5.74, 6) is 1.90. The highest BCUT2D eigenvalue weighted by Gasteiger charge is 2.22. The Bertz CT molecular complexity index is 752. The Morgan fingerprint density at radius 2 is 1.96 bits per heavy atom. The smallest absolute Gasteiger partial charge is 0.205 e. The van der Waals surface area contributed by atoms with Gasteiger partial charge in [-0.1, -0.05) is 6.92 Å². The molecule has 28 heavy (non-hydrogen) atoms. The molecule has 1 saturated heterocycles. The zero-order valence-electron chi connectivity index (χ0n) is 16.9. The van der Waals surface area contributed by atoms with Gasteiger partial charge in [0.1, 0.15) is 5.82 Å². The molecule has 0 spiro atoms. The van der Waals surface area contributed by atoms with Gasteiger partial charge in [-0.05, 0) is 6.92 Å². The molecule has 11 heteroatoms. The van der Waals surface area contributed by atoms with Crippen LogP contribution in [0.15, 0.2) is 10.4 Å². The van der Waals surface area contributed by atoms with Gasteiger partial charge in [-0.15, -0.1) is 35.3 Å². The third-order valence-electron chi connectivity index (χ3n) is 4.27. The topological polar surface area (TPSA) is 72.8 Å². The molecule has 0 aliphatic carbocycles. The minimum absolute atomic E-state index is 0. The van der Waals surface area contributed by atoms with Gasteiger partial charge in [0.25, 0.3) is 0 Å². The van der Waals surface area contributed by atoms with E-state index in [2.05, 4.69) is 48.7 Å². The molecule has 0 radical (unpaired) electrons. The number of piperazine rings is 1. The largest absolute Gasteiger partial charge is 0.357 e. The lowest BCUT2D eigenvalue weighted by molar-refractivity contribution is 0.372. The monoisotopic (exact) mass is 536 g/mol. The van der Waals surface area contributed by atoms with Crippen molar-refractivity contribution in [3.8, 4) is 0 Å². The molecule has 156 valence electrons. The van der Waals surface area contributed by atoms with Crippen LogP contribution in [0.2, 0.25) is 0 Å². The fourth-order valence-corrected chi connectivity index (χ4v) is 4.33. The molecule has 1 aliphatic heterocycles. The fraction of sp³-hybridized carbons (Fsp3) is 0.647. The van der Waals surface area contributed by atoms with Crippen LogP contribution in [0.1, 0.15) is 25.4 Å². The molecule has 1 fully saturated rings. The predicted molar refractivity (Wildman–Crippen MR) is 130 cm³/mol. The number of hydrogen-bond acceptors (Lipinski definition) is 8. The van der Waals surface area contributed by atoms with E-state index in [9.17, 15) is 0 Å². The van der Waals surface area contributed by atoms with Crippen molar-refractivity contribution in [3.63, 3.8) is 0 Å².